The molecule has 0 fully saturated rings. The van der Waals surface area contributed by atoms with Crippen molar-refractivity contribution in [2.24, 2.45) is 0 Å². The predicted molar refractivity (Wildman–Crippen MR) is 61.4 cm³/mol. The topological polar surface area (TPSA) is 101 Å². The summed E-state index contributed by atoms with van der Waals surface area (Å²) in [5.41, 5.74) is 0. The molecule has 0 aliphatic carbocycles. The van der Waals surface area contributed by atoms with Crippen molar-refractivity contribution in [2.75, 3.05) is 0 Å². The number of amides is 1. The van der Waals surface area contributed by atoms with Crippen molar-refractivity contribution in [3.63, 3.8) is 0 Å². The Morgan fingerprint density at radius 1 is 1.28 bits per heavy atom. The Morgan fingerprint density at radius 3 is 2.61 bits per heavy atom. The zero-order chi connectivity index (χ0) is 13.0. The number of imidazole rings is 1. The minimum atomic E-state index is -3.98. The SMILES string of the molecule is O=C(NS(=O)(=O)c1cnc[nH]1)Oc1ccccc1. The van der Waals surface area contributed by atoms with Crippen LogP contribution < -0.4 is 9.46 Å². The van der Waals surface area contributed by atoms with E-state index in [9.17, 15) is 13.2 Å². The molecule has 0 saturated heterocycles. The molecule has 1 aromatic carbocycles. The fourth-order valence-electron chi connectivity index (χ4n) is 1.17. The number of aromatic amines is 1. The summed E-state index contributed by atoms with van der Waals surface area (Å²) >= 11 is 0. The van der Waals surface area contributed by atoms with E-state index in [1.165, 1.54) is 18.5 Å². The molecule has 94 valence electrons. The van der Waals surface area contributed by atoms with Gasteiger partial charge in [0.1, 0.15) is 5.75 Å². The minimum Gasteiger partial charge on any atom is -0.410 e. The number of nitrogens with zero attached hydrogens (tertiary/aromatic N) is 1. The van der Waals surface area contributed by atoms with Crippen molar-refractivity contribution < 1.29 is 17.9 Å². The fourth-order valence-corrected chi connectivity index (χ4v) is 1.95. The molecule has 1 aromatic heterocycles. The number of benzene rings is 1. The molecular weight excluding hydrogens is 258 g/mol. The summed E-state index contributed by atoms with van der Waals surface area (Å²) in [6, 6.07) is 8.12. The van der Waals surface area contributed by atoms with E-state index in [0.717, 1.165) is 6.20 Å². The number of carbonyl (C=O) groups is 1. The molecule has 1 heterocycles. The Morgan fingerprint density at radius 2 is 2.00 bits per heavy atom. The number of sulfonamides is 1. The quantitative estimate of drug-likeness (QED) is 0.859. The molecule has 2 N–H and O–H groups in total. The van der Waals surface area contributed by atoms with Gasteiger partial charge >= 0.3 is 6.09 Å². The Balaban J connectivity index is 2.05. The number of hydrogen-bond acceptors (Lipinski definition) is 5. The van der Waals surface area contributed by atoms with Crippen molar-refractivity contribution >= 4 is 16.1 Å². The molecule has 0 unspecified atom stereocenters. The van der Waals surface area contributed by atoms with Gasteiger partial charge in [0.2, 0.25) is 0 Å². The highest BCUT2D eigenvalue weighted by Crippen LogP contribution is 2.09. The monoisotopic (exact) mass is 267 g/mol. The van der Waals surface area contributed by atoms with Gasteiger partial charge in [-0.05, 0) is 12.1 Å². The van der Waals surface area contributed by atoms with Crippen LogP contribution in [0.4, 0.5) is 4.79 Å². The number of hydrogen-bond donors (Lipinski definition) is 2. The van der Waals surface area contributed by atoms with E-state index in [1.807, 2.05) is 0 Å². The molecule has 7 nitrogen and oxygen atoms in total. The first-order chi connectivity index (χ1) is 8.58. The summed E-state index contributed by atoms with van der Waals surface area (Å²) in [4.78, 5) is 17.3. The van der Waals surface area contributed by atoms with Crippen LogP contribution in [0.15, 0.2) is 47.9 Å². The minimum absolute atomic E-state index is 0.215. The third-order valence-corrected chi connectivity index (χ3v) is 3.17. The zero-order valence-corrected chi connectivity index (χ0v) is 9.85. The van der Waals surface area contributed by atoms with Gasteiger partial charge in [-0.15, -0.1) is 0 Å². The van der Waals surface area contributed by atoms with Gasteiger partial charge < -0.3 is 9.72 Å². The summed E-state index contributed by atoms with van der Waals surface area (Å²) in [5, 5.41) is -0.215. The number of rotatable bonds is 3. The summed E-state index contributed by atoms with van der Waals surface area (Å²) in [6.45, 7) is 0. The lowest BCUT2D eigenvalue weighted by molar-refractivity contribution is 0.207. The van der Waals surface area contributed by atoms with Crippen LogP contribution in [-0.4, -0.2) is 24.5 Å². The van der Waals surface area contributed by atoms with Crippen LogP contribution in [0.1, 0.15) is 0 Å². The molecular formula is C10H9N3O4S. The van der Waals surface area contributed by atoms with Gasteiger partial charge in [0.05, 0.1) is 12.5 Å². The molecule has 8 heteroatoms. The lowest BCUT2D eigenvalue weighted by Crippen LogP contribution is -2.33. The number of para-hydroxylation sites is 1. The largest absolute Gasteiger partial charge is 0.426 e. The van der Waals surface area contributed by atoms with E-state index in [0.29, 0.717) is 0 Å². The number of nitrogens with one attached hydrogen (secondary N) is 2. The van der Waals surface area contributed by atoms with Crippen LogP contribution in [-0.2, 0) is 10.0 Å². The second-order valence-corrected chi connectivity index (χ2v) is 4.87. The molecule has 0 radical (unpaired) electrons. The summed E-state index contributed by atoms with van der Waals surface area (Å²) in [6.07, 6.45) is 1.19. The van der Waals surface area contributed by atoms with E-state index in [1.54, 1.807) is 22.9 Å². The predicted octanol–water partition coefficient (Wildman–Crippen LogP) is 0.887. The standard InChI is InChI=1S/C10H9N3O4S/c14-10(17-8-4-2-1-3-5-8)13-18(15,16)9-6-11-7-12-9/h1-7H,(H,11,12)(H,13,14). The molecule has 0 aliphatic heterocycles. The number of H-pyrrole nitrogens is 1. The van der Waals surface area contributed by atoms with Crippen LogP contribution in [0.2, 0.25) is 0 Å². The second kappa shape index (κ2) is 4.88. The molecule has 0 saturated carbocycles. The smallest absolute Gasteiger partial charge is 0.410 e. The highest BCUT2D eigenvalue weighted by atomic mass is 32.2. The van der Waals surface area contributed by atoms with Crippen molar-refractivity contribution in [2.45, 2.75) is 5.03 Å². The van der Waals surface area contributed by atoms with Crippen LogP contribution in [0.3, 0.4) is 0 Å². The highest BCUT2D eigenvalue weighted by Gasteiger charge is 2.20. The van der Waals surface area contributed by atoms with E-state index >= 15 is 0 Å². The Bertz CT molecular complexity index is 622. The van der Waals surface area contributed by atoms with Gasteiger partial charge in [-0.25, -0.2) is 14.5 Å². The van der Waals surface area contributed by atoms with Crippen molar-refractivity contribution in [1.82, 2.24) is 14.7 Å². The highest BCUT2D eigenvalue weighted by molar-refractivity contribution is 7.90. The lowest BCUT2D eigenvalue weighted by Gasteiger charge is -2.05. The van der Waals surface area contributed by atoms with Crippen LogP contribution in [0, 0.1) is 0 Å². The molecule has 0 aliphatic rings. The third kappa shape index (κ3) is 2.86. The van der Waals surface area contributed by atoms with Crippen LogP contribution in [0.5, 0.6) is 5.75 Å². The molecule has 1 amide bonds. The van der Waals surface area contributed by atoms with Crippen molar-refractivity contribution in [3.05, 3.63) is 42.9 Å². The second-order valence-electron chi connectivity index (χ2n) is 3.22. The Hall–Kier alpha value is -2.35. The first-order valence-corrected chi connectivity index (χ1v) is 6.34. The van der Waals surface area contributed by atoms with Gasteiger partial charge in [-0.1, -0.05) is 18.2 Å². The molecule has 0 spiro atoms. The van der Waals surface area contributed by atoms with Crippen LogP contribution in [0.25, 0.3) is 0 Å². The normalized spacial score (nSPS) is 10.9. The van der Waals surface area contributed by atoms with Gasteiger partial charge in [0.25, 0.3) is 10.0 Å². The van der Waals surface area contributed by atoms with E-state index in [4.69, 9.17) is 4.74 Å². The zero-order valence-electron chi connectivity index (χ0n) is 9.03. The van der Waals surface area contributed by atoms with Gasteiger partial charge in [0.15, 0.2) is 5.03 Å². The summed E-state index contributed by atoms with van der Waals surface area (Å²) in [5.74, 6) is 0.245. The Labute approximate surface area is 103 Å². The Kier molecular flexibility index (Phi) is 3.28. The van der Waals surface area contributed by atoms with Crippen molar-refractivity contribution in [3.8, 4) is 5.75 Å². The van der Waals surface area contributed by atoms with E-state index < -0.39 is 16.1 Å². The van der Waals surface area contributed by atoms with Gasteiger partial charge in [-0.2, -0.15) is 8.42 Å². The number of ether oxygens (including phenoxy) is 1. The summed E-state index contributed by atoms with van der Waals surface area (Å²) < 4.78 is 29.8. The fraction of sp³-hybridized carbons (Fsp3) is 0. The maximum atomic E-state index is 11.6. The summed E-state index contributed by atoms with van der Waals surface area (Å²) in [7, 11) is -3.98. The van der Waals surface area contributed by atoms with E-state index in [2.05, 4.69) is 9.97 Å². The van der Waals surface area contributed by atoms with Gasteiger partial charge in [-0.3, -0.25) is 0 Å². The third-order valence-electron chi connectivity index (χ3n) is 1.93. The average Bonchev–Trinajstić information content (AvgIpc) is 2.83. The molecule has 2 aromatic rings. The average molecular weight is 267 g/mol. The lowest BCUT2D eigenvalue weighted by atomic mass is 10.3. The van der Waals surface area contributed by atoms with E-state index in [-0.39, 0.29) is 10.8 Å². The number of aromatic nitrogens is 2. The maximum absolute atomic E-state index is 11.6. The molecule has 0 atom stereocenters. The number of carbonyl (C=O) groups excluding carboxylic acids is 1. The maximum Gasteiger partial charge on any atom is 0.426 e. The molecule has 0 bridgehead atoms. The first kappa shape index (κ1) is 12.1. The first-order valence-electron chi connectivity index (χ1n) is 4.86. The van der Waals surface area contributed by atoms with Crippen LogP contribution >= 0.6 is 0 Å². The van der Waals surface area contributed by atoms with Crippen molar-refractivity contribution in [1.29, 1.82) is 0 Å². The van der Waals surface area contributed by atoms with Gasteiger partial charge in [0, 0.05) is 0 Å². The molecule has 2 rings (SSSR count). The molecule has 18 heavy (non-hydrogen) atoms.